The Kier molecular flexibility index (Phi) is 7.88. The van der Waals surface area contributed by atoms with Gasteiger partial charge in [0, 0.05) is 17.8 Å². The van der Waals surface area contributed by atoms with Gasteiger partial charge in [0.2, 0.25) is 0 Å². The first-order valence-corrected chi connectivity index (χ1v) is 8.97. The summed E-state index contributed by atoms with van der Waals surface area (Å²) >= 11 is 0. The lowest BCUT2D eigenvalue weighted by Crippen LogP contribution is -2.28. The van der Waals surface area contributed by atoms with Gasteiger partial charge < -0.3 is 16.4 Å². The van der Waals surface area contributed by atoms with Crippen molar-refractivity contribution in [2.75, 3.05) is 18.4 Å². The van der Waals surface area contributed by atoms with E-state index in [1.165, 1.54) is 17.5 Å². The van der Waals surface area contributed by atoms with Crippen molar-refractivity contribution in [2.24, 2.45) is 10.7 Å². The molecule has 0 heterocycles. The predicted molar refractivity (Wildman–Crippen MR) is 118 cm³/mol. The molecule has 0 radical (unpaired) electrons. The summed E-state index contributed by atoms with van der Waals surface area (Å²) in [7, 11) is 0. The second kappa shape index (κ2) is 9.95. The molecule has 1 aliphatic rings. The first-order chi connectivity index (χ1) is 13.3. The molecule has 1 aliphatic carbocycles. The molecule has 3 rings (SSSR count). The Morgan fingerprint density at radius 3 is 2.45 bits per heavy atom. The summed E-state index contributed by atoms with van der Waals surface area (Å²) in [6, 6.07) is 10.2. The van der Waals surface area contributed by atoms with Crippen LogP contribution in [0.4, 0.5) is 18.9 Å². The Morgan fingerprint density at radius 2 is 1.76 bits per heavy atom. The average Bonchev–Trinajstić information content (AvgIpc) is 3.12. The number of aliphatic imine (C=N–C) groups is 1. The number of aryl methyl sites for hydroxylation is 2. The fourth-order valence-electron chi connectivity index (χ4n) is 3.10. The van der Waals surface area contributed by atoms with Gasteiger partial charge >= 0.3 is 6.18 Å². The molecule has 0 atom stereocenters. The summed E-state index contributed by atoms with van der Waals surface area (Å²) in [4.78, 5) is 16.1. The van der Waals surface area contributed by atoms with Crippen LogP contribution in [0.5, 0.6) is 0 Å². The smallest absolute Gasteiger partial charge is 0.370 e. The lowest BCUT2D eigenvalue weighted by molar-refractivity contribution is -0.137. The third kappa shape index (κ3) is 6.34. The Balaban J connectivity index is 0.00000300. The van der Waals surface area contributed by atoms with Crippen LogP contribution in [0.2, 0.25) is 0 Å². The molecular weight excluding hydrogens is 496 g/mol. The van der Waals surface area contributed by atoms with E-state index in [1.54, 1.807) is 0 Å². The normalized spacial score (nSPS) is 13.4. The Morgan fingerprint density at radius 1 is 1.07 bits per heavy atom. The van der Waals surface area contributed by atoms with Gasteiger partial charge in [0.25, 0.3) is 5.91 Å². The second-order valence-corrected chi connectivity index (χ2v) is 6.56. The summed E-state index contributed by atoms with van der Waals surface area (Å²) in [5, 5.41) is 5.62. The second-order valence-electron chi connectivity index (χ2n) is 6.56. The highest BCUT2D eigenvalue weighted by molar-refractivity contribution is 14.0. The van der Waals surface area contributed by atoms with E-state index in [4.69, 9.17) is 5.73 Å². The van der Waals surface area contributed by atoms with Gasteiger partial charge in [0.15, 0.2) is 5.96 Å². The van der Waals surface area contributed by atoms with Crippen molar-refractivity contribution in [3.05, 3.63) is 64.7 Å². The van der Waals surface area contributed by atoms with Gasteiger partial charge in [-0.15, -0.1) is 24.0 Å². The minimum Gasteiger partial charge on any atom is -0.370 e. The van der Waals surface area contributed by atoms with Crippen LogP contribution in [-0.4, -0.2) is 25.0 Å². The van der Waals surface area contributed by atoms with Crippen LogP contribution >= 0.6 is 24.0 Å². The Hall–Kier alpha value is -2.30. The van der Waals surface area contributed by atoms with E-state index in [1.807, 2.05) is 6.07 Å². The number of halogens is 4. The average molecular weight is 518 g/mol. The van der Waals surface area contributed by atoms with Crippen LogP contribution in [0.1, 0.15) is 33.5 Å². The van der Waals surface area contributed by atoms with Gasteiger partial charge in [-0.3, -0.25) is 9.79 Å². The number of nitrogens with one attached hydrogen (secondary N) is 2. The van der Waals surface area contributed by atoms with E-state index in [9.17, 15) is 18.0 Å². The number of fused-ring (bicyclic) bond motifs is 1. The van der Waals surface area contributed by atoms with Crippen LogP contribution in [0.25, 0.3) is 0 Å². The van der Waals surface area contributed by atoms with Gasteiger partial charge in [0.1, 0.15) is 0 Å². The van der Waals surface area contributed by atoms with Gasteiger partial charge in [0.05, 0.1) is 12.1 Å². The third-order valence-corrected chi connectivity index (χ3v) is 4.52. The van der Waals surface area contributed by atoms with Crippen molar-refractivity contribution in [3.8, 4) is 0 Å². The lowest BCUT2D eigenvalue weighted by Gasteiger charge is -2.09. The molecule has 29 heavy (non-hydrogen) atoms. The highest BCUT2D eigenvalue weighted by Crippen LogP contribution is 2.29. The third-order valence-electron chi connectivity index (χ3n) is 4.52. The maximum absolute atomic E-state index is 12.5. The molecule has 0 saturated carbocycles. The number of guanidine groups is 1. The number of nitrogens with zero attached hydrogens (tertiary/aromatic N) is 1. The van der Waals surface area contributed by atoms with Gasteiger partial charge in [-0.25, -0.2) is 0 Å². The molecule has 2 aromatic rings. The van der Waals surface area contributed by atoms with Crippen molar-refractivity contribution >= 4 is 41.5 Å². The molecule has 0 aliphatic heterocycles. The molecule has 2 aromatic carbocycles. The zero-order valence-electron chi connectivity index (χ0n) is 15.6. The maximum atomic E-state index is 12.5. The number of benzene rings is 2. The van der Waals surface area contributed by atoms with Crippen LogP contribution in [0.3, 0.4) is 0 Å². The number of alkyl halides is 3. The zero-order chi connectivity index (χ0) is 20.1. The number of rotatable bonds is 5. The predicted octanol–water partition coefficient (Wildman–Crippen LogP) is 3.97. The number of carbonyl (C=O) groups excluding carboxylic acids is 1. The summed E-state index contributed by atoms with van der Waals surface area (Å²) in [5.41, 5.74) is 8.78. The molecular formula is C20H22F3IN4O. The van der Waals surface area contributed by atoms with E-state index >= 15 is 0 Å². The largest absolute Gasteiger partial charge is 0.416 e. The standard InChI is InChI=1S/C20H21F3N4O.HI/c21-20(22,23)16-7-4-14(5-8-16)18(28)25-10-11-26-19(24)27-17-9-6-13-2-1-3-15(13)12-17;/h4-9,12H,1-3,10-11H2,(H,25,28)(H3,24,26,27);1H. The molecule has 0 spiro atoms. The van der Waals surface area contributed by atoms with Crippen LogP contribution in [-0.2, 0) is 19.0 Å². The first-order valence-electron chi connectivity index (χ1n) is 8.97. The lowest BCUT2D eigenvalue weighted by atomic mass is 10.1. The van der Waals surface area contributed by atoms with Crippen LogP contribution in [0, 0.1) is 0 Å². The number of carbonyl (C=O) groups is 1. The number of hydrogen-bond donors (Lipinski definition) is 3. The molecule has 0 unspecified atom stereocenters. The van der Waals surface area contributed by atoms with E-state index < -0.39 is 17.6 Å². The van der Waals surface area contributed by atoms with Gasteiger partial charge in [-0.05, 0) is 66.8 Å². The highest BCUT2D eigenvalue weighted by Gasteiger charge is 2.30. The molecule has 9 heteroatoms. The van der Waals surface area contributed by atoms with E-state index in [2.05, 4.69) is 27.8 Å². The van der Waals surface area contributed by atoms with Gasteiger partial charge in [-0.2, -0.15) is 13.2 Å². The minimum absolute atomic E-state index is 0. The van der Waals surface area contributed by atoms with Gasteiger partial charge in [-0.1, -0.05) is 6.07 Å². The van der Waals surface area contributed by atoms with Crippen LogP contribution in [0.15, 0.2) is 47.5 Å². The summed E-state index contributed by atoms with van der Waals surface area (Å²) in [6.45, 7) is 0.461. The summed E-state index contributed by atoms with van der Waals surface area (Å²) < 4.78 is 37.6. The zero-order valence-corrected chi connectivity index (χ0v) is 17.9. The molecule has 4 N–H and O–H groups in total. The molecule has 156 valence electrons. The number of amides is 1. The van der Waals surface area contributed by atoms with Crippen molar-refractivity contribution in [1.82, 2.24) is 5.32 Å². The van der Waals surface area contributed by atoms with E-state index in [0.29, 0.717) is 0 Å². The van der Waals surface area contributed by atoms with Crippen LogP contribution < -0.4 is 16.4 Å². The topological polar surface area (TPSA) is 79.5 Å². The quantitative estimate of drug-likeness (QED) is 0.243. The summed E-state index contributed by atoms with van der Waals surface area (Å²) in [5.74, 6) is -0.226. The van der Waals surface area contributed by atoms with Crippen molar-refractivity contribution in [1.29, 1.82) is 0 Å². The fraction of sp³-hybridized carbons (Fsp3) is 0.300. The maximum Gasteiger partial charge on any atom is 0.416 e. The Bertz CT molecular complexity index is 882. The molecule has 5 nitrogen and oxygen atoms in total. The SMILES string of the molecule is I.NC(=NCCNC(=O)c1ccc(C(F)(F)F)cc1)Nc1ccc2c(c1)CCC2. The van der Waals surface area contributed by atoms with E-state index in [-0.39, 0.29) is 48.6 Å². The highest BCUT2D eigenvalue weighted by atomic mass is 127. The molecule has 1 amide bonds. The monoisotopic (exact) mass is 518 g/mol. The summed E-state index contributed by atoms with van der Waals surface area (Å²) in [6.07, 6.45) is -1.08. The number of nitrogens with two attached hydrogens (primary N) is 1. The minimum atomic E-state index is -4.42. The van der Waals surface area contributed by atoms with E-state index in [0.717, 1.165) is 42.8 Å². The number of anilines is 1. The van der Waals surface area contributed by atoms with Crippen molar-refractivity contribution in [2.45, 2.75) is 25.4 Å². The fourth-order valence-corrected chi connectivity index (χ4v) is 3.10. The number of hydrogen-bond acceptors (Lipinski definition) is 2. The molecule has 0 fully saturated rings. The molecule has 0 aromatic heterocycles. The Labute approximate surface area is 184 Å². The molecule has 0 saturated heterocycles. The molecule has 0 bridgehead atoms. The van der Waals surface area contributed by atoms with Crippen molar-refractivity contribution < 1.29 is 18.0 Å². The van der Waals surface area contributed by atoms with Crippen molar-refractivity contribution in [3.63, 3.8) is 0 Å². The first kappa shape index (κ1) is 23.0.